The molecule has 0 bridgehead atoms. The Bertz CT molecular complexity index is 805. The van der Waals surface area contributed by atoms with Crippen LogP contribution in [0, 0.1) is 11.6 Å². The molecule has 2 N–H and O–H groups in total. The highest BCUT2D eigenvalue weighted by Crippen LogP contribution is 2.18. The van der Waals surface area contributed by atoms with Crippen molar-refractivity contribution in [3.05, 3.63) is 35.4 Å². The monoisotopic (exact) mass is 394 g/mol. The van der Waals surface area contributed by atoms with Gasteiger partial charge in [-0.3, -0.25) is 19.2 Å². The van der Waals surface area contributed by atoms with E-state index in [1.165, 1.54) is 9.80 Å². The van der Waals surface area contributed by atoms with E-state index < -0.39 is 35.3 Å². The number of piperazine rings is 1. The Morgan fingerprint density at radius 2 is 1.64 bits per heavy atom. The quantitative estimate of drug-likeness (QED) is 0.682. The standard InChI is InChI=1S/C18H20F2N4O4/c19-11-1-4-13(14(20)9-11)16(26)21-10-15(25)23-5-7-24(8-6-23)18(28)17(27)22-12-2-3-12/h1,4,9,12H,2-3,5-8,10H2,(H,21,26)(H,22,27). The number of carbonyl (C=O) groups excluding carboxylic acids is 4. The third-order valence-electron chi connectivity index (χ3n) is 4.60. The Kier molecular flexibility index (Phi) is 5.86. The number of nitrogens with one attached hydrogen (secondary N) is 2. The molecule has 1 aliphatic carbocycles. The van der Waals surface area contributed by atoms with Crippen LogP contribution >= 0.6 is 0 Å². The normalized spacial score (nSPS) is 16.5. The highest BCUT2D eigenvalue weighted by Gasteiger charge is 2.31. The molecule has 3 rings (SSSR count). The molecule has 1 aromatic carbocycles. The predicted octanol–water partition coefficient (Wildman–Crippen LogP) is -0.356. The molecule has 28 heavy (non-hydrogen) atoms. The van der Waals surface area contributed by atoms with Crippen molar-refractivity contribution in [2.45, 2.75) is 18.9 Å². The third-order valence-corrected chi connectivity index (χ3v) is 4.60. The van der Waals surface area contributed by atoms with Gasteiger partial charge in [-0.25, -0.2) is 8.78 Å². The van der Waals surface area contributed by atoms with Crippen LogP contribution in [0.5, 0.6) is 0 Å². The Labute approximate surface area is 159 Å². The molecule has 2 aliphatic rings. The van der Waals surface area contributed by atoms with Crippen molar-refractivity contribution in [2.75, 3.05) is 32.7 Å². The molecule has 1 aliphatic heterocycles. The Balaban J connectivity index is 1.44. The summed E-state index contributed by atoms with van der Waals surface area (Å²) in [6.07, 6.45) is 1.77. The van der Waals surface area contributed by atoms with Crippen LogP contribution < -0.4 is 10.6 Å². The summed E-state index contributed by atoms with van der Waals surface area (Å²) in [5.41, 5.74) is -0.355. The van der Waals surface area contributed by atoms with Gasteiger partial charge >= 0.3 is 11.8 Å². The second kappa shape index (κ2) is 8.32. The van der Waals surface area contributed by atoms with Crippen LogP contribution in [0.1, 0.15) is 23.2 Å². The Morgan fingerprint density at radius 3 is 2.25 bits per heavy atom. The molecule has 1 saturated heterocycles. The average molecular weight is 394 g/mol. The Hall–Kier alpha value is -3.04. The van der Waals surface area contributed by atoms with Gasteiger partial charge in [0, 0.05) is 38.3 Å². The number of halogens is 2. The van der Waals surface area contributed by atoms with Crippen molar-refractivity contribution in [1.82, 2.24) is 20.4 Å². The van der Waals surface area contributed by atoms with Crippen LogP contribution in [0.4, 0.5) is 8.78 Å². The van der Waals surface area contributed by atoms with Gasteiger partial charge in [0.2, 0.25) is 5.91 Å². The van der Waals surface area contributed by atoms with Gasteiger partial charge in [0.05, 0.1) is 12.1 Å². The summed E-state index contributed by atoms with van der Waals surface area (Å²) >= 11 is 0. The summed E-state index contributed by atoms with van der Waals surface area (Å²) < 4.78 is 26.5. The zero-order valence-electron chi connectivity index (χ0n) is 15.0. The smallest absolute Gasteiger partial charge is 0.312 e. The highest BCUT2D eigenvalue weighted by molar-refractivity contribution is 6.35. The van der Waals surface area contributed by atoms with E-state index in [2.05, 4.69) is 10.6 Å². The second-order valence-electron chi connectivity index (χ2n) is 6.73. The molecule has 1 heterocycles. The van der Waals surface area contributed by atoms with Crippen molar-refractivity contribution in [1.29, 1.82) is 0 Å². The van der Waals surface area contributed by atoms with Crippen molar-refractivity contribution in [3.8, 4) is 0 Å². The zero-order valence-corrected chi connectivity index (χ0v) is 15.0. The van der Waals surface area contributed by atoms with E-state index in [-0.39, 0.29) is 44.3 Å². The SMILES string of the molecule is O=C(NC1CC1)C(=O)N1CCN(C(=O)CNC(=O)c2ccc(F)cc2F)CC1. The summed E-state index contributed by atoms with van der Waals surface area (Å²) in [6.45, 7) is 0.516. The van der Waals surface area contributed by atoms with Crippen LogP contribution in [0.3, 0.4) is 0 Å². The van der Waals surface area contributed by atoms with E-state index in [9.17, 15) is 28.0 Å². The van der Waals surface area contributed by atoms with Gasteiger partial charge < -0.3 is 20.4 Å². The number of amides is 4. The van der Waals surface area contributed by atoms with Gasteiger partial charge in [0.25, 0.3) is 5.91 Å². The topological polar surface area (TPSA) is 98.8 Å². The lowest BCUT2D eigenvalue weighted by Crippen LogP contribution is -2.55. The summed E-state index contributed by atoms with van der Waals surface area (Å²) in [7, 11) is 0. The number of hydrogen-bond donors (Lipinski definition) is 2. The lowest BCUT2D eigenvalue weighted by molar-refractivity contribution is -0.148. The first-order chi connectivity index (χ1) is 13.3. The van der Waals surface area contributed by atoms with Gasteiger partial charge in [0.1, 0.15) is 11.6 Å². The molecule has 0 atom stereocenters. The maximum Gasteiger partial charge on any atom is 0.312 e. The van der Waals surface area contributed by atoms with Gasteiger partial charge in [-0.2, -0.15) is 0 Å². The average Bonchev–Trinajstić information content (AvgIpc) is 3.49. The van der Waals surface area contributed by atoms with Crippen molar-refractivity contribution >= 4 is 23.6 Å². The van der Waals surface area contributed by atoms with Gasteiger partial charge in [0.15, 0.2) is 0 Å². The van der Waals surface area contributed by atoms with Gasteiger partial charge in [-0.15, -0.1) is 0 Å². The first kappa shape index (κ1) is 19.7. The van der Waals surface area contributed by atoms with E-state index in [0.717, 1.165) is 25.0 Å². The maximum atomic E-state index is 13.6. The molecule has 0 aromatic heterocycles. The van der Waals surface area contributed by atoms with Crippen LogP contribution in [-0.4, -0.2) is 72.2 Å². The lowest BCUT2D eigenvalue weighted by atomic mass is 10.2. The zero-order chi connectivity index (χ0) is 20.3. The molecule has 1 saturated carbocycles. The summed E-state index contributed by atoms with van der Waals surface area (Å²) in [6, 6.07) is 2.64. The molecule has 8 nitrogen and oxygen atoms in total. The summed E-state index contributed by atoms with van der Waals surface area (Å²) in [4.78, 5) is 50.8. The molecule has 0 unspecified atom stereocenters. The van der Waals surface area contributed by atoms with E-state index in [0.29, 0.717) is 6.07 Å². The number of carbonyl (C=O) groups is 4. The van der Waals surface area contributed by atoms with E-state index in [1.54, 1.807) is 0 Å². The molecule has 4 amide bonds. The highest BCUT2D eigenvalue weighted by atomic mass is 19.1. The molecule has 150 valence electrons. The largest absolute Gasteiger partial charge is 0.345 e. The summed E-state index contributed by atoms with van der Waals surface area (Å²) in [5, 5.41) is 4.93. The molecule has 1 aromatic rings. The number of nitrogens with zero attached hydrogens (tertiary/aromatic N) is 2. The number of rotatable bonds is 4. The fourth-order valence-corrected chi connectivity index (χ4v) is 2.81. The third kappa shape index (κ3) is 4.81. The van der Waals surface area contributed by atoms with Crippen molar-refractivity contribution in [3.63, 3.8) is 0 Å². The van der Waals surface area contributed by atoms with Crippen molar-refractivity contribution < 1.29 is 28.0 Å². The molecule has 0 radical (unpaired) electrons. The maximum absolute atomic E-state index is 13.6. The minimum Gasteiger partial charge on any atom is -0.345 e. The minimum absolute atomic E-state index is 0.0915. The summed E-state index contributed by atoms with van der Waals surface area (Å²) in [5.74, 6) is -4.28. The number of benzene rings is 1. The molecular weight excluding hydrogens is 374 g/mol. The number of hydrogen-bond acceptors (Lipinski definition) is 4. The van der Waals surface area contributed by atoms with Crippen LogP contribution in [0.15, 0.2) is 18.2 Å². The molecule has 10 heteroatoms. The van der Waals surface area contributed by atoms with Gasteiger partial charge in [-0.05, 0) is 25.0 Å². The van der Waals surface area contributed by atoms with E-state index in [1.807, 2.05) is 0 Å². The van der Waals surface area contributed by atoms with Crippen LogP contribution in [0.25, 0.3) is 0 Å². The van der Waals surface area contributed by atoms with Crippen LogP contribution in [-0.2, 0) is 14.4 Å². The first-order valence-corrected chi connectivity index (χ1v) is 8.96. The fraction of sp³-hybridized carbons (Fsp3) is 0.444. The van der Waals surface area contributed by atoms with E-state index >= 15 is 0 Å². The minimum atomic E-state index is -1.01. The molecule has 2 fully saturated rings. The van der Waals surface area contributed by atoms with Gasteiger partial charge in [-0.1, -0.05) is 0 Å². The second-order valence-corrected chi connectivity index (χ2v) is 6.73. The van der Waals surface area contributed by atoms with Crippen LogP contribution in [0.2, 0.25) is 0 Å². The predicted molar refractivity (Wildman–Crippen MR) is 93.0 cm³/mol. The fourth-order valence-electron chi connectivity index (χ4n) is 2.81. The first-order valence-electron chi connectivity index (χ1n) is 8.96. The molecule has 0 spiro atoms. The van der Waals surface area contributed by atoms with Crippen molar-refractivity contribution in [2.24, 2.45) is 0 Å². The Morgan fingerprint density at radius 1 is 1.00 bits per heavy atom. The lowest BCUT2D eigenvalue weighted by Gasteiger charge is -2.34. The molecular formula is C18H20F2N4O4. The van der Waals surface area contributed by atoms with E-state index in [4.69, 9.17) is 0 Å².